The van der Waals surface area contributed by atoms with E-state index in [-0.39, 0.29) is 24.4 Å². The van der Waals surface area contributed by atoms with Crippen LogP contribution in [0.1, 0.15) is 40.0 Å². The quantitative estimate of drug-likeness (QED) is 0.389. The number of urea groups is 1. The zero-order valence-corrected chi connectivity index (χ0v) is 22.5. The smallest absolute Gasteiger partial charge is 0.410 e. The first kappa shape index (κ1) is 27.9. The number of nitrogens with one attached hydrogen (secondary N) is 2. The van der Waals surface area contributed by atoms with Crippen molar-refractivity contribution in [2.75, 3.05) is 23.8 Å². The lowest BCUT2D eigenvalue weighted by Gasteiger charge is -2.36. The fraction of sp³-hybridized carbons (Fsp3) is 0.393. The maximum atomic E-state index is 14.0. The van der Waals surface area contributed by atoms with Crippen molar-refractivity contribution in [3.8, 4) is 17.0 Å². The number of amides is 3. The molecule has 0 spiro atoms. The molecule has 2 aromatic carbocycles. The number of nitrogens with zero attached hydrogens (tertiary/aromatic N) is 3. The van der Waals surface area contributed by atoms with Gasteiger partial charge < -0.3 is 25.0 Å². The third-order valence-corrected chi connectivity index (χ3v) is 6.20. The normalized spacial score (nSPS) is 15.5. The van der Waals surface area contributed by atoms with E-state index in [2.05, 4.69) is 15.7 Å². The molecule has 3 aromatic rings. The summed E-state index contributed by atoms with van der Waals surface area (Å²) in [7, 11) is 1.79. The van der Waals surface area contributed by atoms with Gasteiger partial charge in [0.05, 0.1) is 17.4 Å². The van der Waals surface area contributed by atoms with Gasteiger partial charge >= 0.3 is 12.1 Å². The minimum atomic E-state index is -0.882. The second-order valence-electron chi connectivity index (χ2n) is 10.4. The fourth-order valence-corrected chi connectivity index (χ4v) is 4.37. The predicted octanol–water partition coefficient (Wildman–Crippen LogP) is 6.18. The molecule has 208 valence electrons. The van der Waals surface area contributed by atoms with Crippen molar-refractivity contribution in [3.63, 3.8) is 0 Å². The molecular weight excluding hydrogens is 508 g/mol. The molecule has 1 aromatic heterocycles. The Kier molecular flexibility index (Phi) is 8.37. The average molecular weight is 542 g/mol. The van der Waals surface area contributed by atoms with E-state index in [0.717, 1.165) is 37.1 Å². The first-order chi connectivity index (χ1) is 18.5. The molecule has 2 N–H and O–H groups in total. The lowest BCUT2D eigenvalue weighted by molar-refractivity contribution is 0.00364. The van der Waals surface area contributed by atoms with Crippen molar-refractivity contribution in [1.82, 2.24) is 14.7 Å². The highest BCUT2D eigenvalue weighted by molar-refractivity contribution is 6.00. The van der Waals surface area contributed by atoms with Crippen LogP contribution < -0.4 is 15.4 Å². The number of piperidine rings is 1. The molecule has 1 saturated heterocycles. The second-order valence-corrected chi connectivity index (χ2v) is 10.4. The molecule has 0 saturated carbocycles. The number of aryl methyl sites for hydroxylation is 1. The molecule has 39 heavy (non-hydrogen) atoms. The number of benzene rings is 2. The van der Waals surface area contributed by atoms with Crippen LogP contribution in [-0.4, -0.2) is 51.6 Å². The molecule has 9 nitrogen and oxygen atoms in total. The van der Waals surface area contributed by atoms with E-state index in [1.165, 1.54) is 0 Å². The number of hydrogen-bond acceptors (Lipinski definition) is 5. The number of likely N-dealkylation sites (tertiary alicyclic amines) is 1. The van der Waals surface area contributed by atoms with Gasteiger partial charge in [-0.3, -0.25) is 4.68 Å². The number of ether oxygens (including phenoxy) is 2. The van der Waals surface area contributed by atoms with Crippen molar-refractivity contribution >= 4 is 23.5 Å². The predicted molar refractivity (Wildman–Crippen MR) is 144 cm³/mol. The standard InChI is InChI=1S/C28H33F2N5O4/c1-28(2,3)39-27(37)35-14-6-5-7-20(35)17-38-25-11-9-19(16-21(25)24-12-13-31-34(24)4)32-26(36)33-23-10-8-18(29)15-22(23)30/h8-13,15-16,20H,5-7,14,17H2,1-4H3,(H2,32,33,36)/t20-/m1/s1. The summed E-state index contributed by atoms with van der Waals surface area (Å²) in [5, 5.41) is 9.28. The van der Waals surface area contributed by atoms with E-state index >= 15 is 0 Å². The van der Waals surface area contributed by atoms with Gasteiger partial charge in [-0.1, -0.05) is 0 Å². The largest absolute Gasteiger partial charge is 0.491 e. The maximum absolute atomic E-state index is 14.0. The van der Waals surface area contributed by atoms with Crippen molar-refractivity contribution < 1.29 is 27.8 Å². The third-order valence-electron chi connectivity index (χ3n) is 6.20. The first-order valence-electron chi connectivity index (χ1n) is 12.8. The van der Waals surface area contributed by atoms with Gasteiger partial charge in [0.15, 0.2) is 0 Å². The monoisotopic (exact) mass is 541 g/mol. The number of halogens is 2. The lowest BCUT2D eigenvalue weighted by Crippen LogP contribution is -2.48. The van der Waals surface area contributed by atoms with Crippen LogP contribution in [0.3, 0.4) is 0 Å². The van der Waals surface area contributed by atoms with Crippen LogP contribution in [0.15, 0.2) is 48.7 Å². The second kappa shape index (κ2) is 11.7. The molecule has 2 heterocycles. The molecular formula is C28H33F2N5O4. The minimum absolute atomic E-state index is 0.150. The van der Waals surface area contributed by atoms with E-state index in [1.807, 2.05) is 26.8 Å². The van der Waals surface area contributed by atoms with Crippen molar-refractivity contribution in [3.05, 3.63) is 60.3 Å². The molecule has 1 fully saturated rings. The van der Waals surface area contributed by atoms with Crippen LogP contribution in [0.2, 0.25) is 0 Å². The summed E-state index contributed by atoms with van der Waals surface area (Å²) in [6.45, 7) is 6.39. The topological polar surface area (TPSA) is 97.7 Å². The van der Waals surface area contributed by atoms with E-state index in [0.29, 0.717) is 29.6 Å². The number of anilines is 2. The van der Waals surface area contributed by atoms with Gasteiger partial charge in [0.2, 0.25) is 0 Å². The zero-order chi connectivity index (χ0) is 28.2. The summed E-state index contributed by atoms with van der Waals surface area (Å²) in [5.41, 5.74) is 1.09. The lowest BCUT2D eigenvalue weighted by atomic mass is 10.0. The van der Waals surface area contributed by atoms with Crippen LogP contribution >= 0.6 is 0 Å². The molecule has 0 aliphatic carbocycles. The summed E-state index contributed by atoms with van der Waals surface area (Å²) in [4.78, 5) is 27.0. The van der Waals surface area contributed by atoms with Crippen molar-refractivity contribution in [2.45, 2.75) is 51.7 Å². The number of rotatable bonds is 6. The summed E-state index contributed by atoms with van der Waals surface area (Å²) < 4.78 is 40.6. The third kappa shape index (κ3) is 7.24. The van der Waals surface area contributed by atoms with E-state index in [4.69, 9.17) is 9.47 Å². The molecule has 1 atom stereocenters. The summed E-state index contributed by atoms with van der Waals surface area (Å²) in [6, 6.07) is 8.96. The highest BCUT2D eigenvalue weighted by atomic mass is 19.1. The fourth-order valence-electron chi connectivity index (χ4n) is 4.37. The molecule has 0 unspecified atom stereocenters. The van der Waals surface area contributed by atoms with Gasteiger partial charge in [0.25, 0.3) is 0 Å². The van der Waals surface area contributed by atoms with Crippen LogP contribution in [0.5, 0.6) is 5.75 Å². The van der Waals surface area contributed by atoms with Gasteiger partial charge in [-0.25, -0.2) is 18.4 Å². The van der Waals surface area contributed by atoms with Crippen LogP contribution in [0.4, 0.5) is 29.7 Å². The molecule has 1 aliphatic rings. The Morgan fingerprint density at radius 1 is 1.08 bits per heavy atom. The van der Waals surface area contributed by atoms with Gasteiger partial charge in [-0.15, -0.1) is 0 Å². The Hall–Kier alpha value is -4.15. The highest BCUT2D eigenvalue weighted by Crippen LogP contribution is 2.33. The van der Waals surface area contributed by atoms with Gasteiger partial charge in [-0.05, 0) is 76.4 Å². The summed E-state index contributed by atoms with van der Waals surface area (Å²) in [6.07, 6.45) is 3.97. The van der Waals surface area contributed by atoms with Crippen LogP contribution in [-0.2, 0) is 11.8 Å². The van der Waals surface area contributed by atoms with E-state index in [9.17, 15) is 18.4 Å². The molecule has 3 amide bonds. The zero-order valence-electron chi connectivity index (χ0n) is 22.5. The van der Waals surface area contributed by atoms with Crippen molar-refractivity contribution in [1.29, 1.82) is 0 Å². The number of hydrogen-bond donors (Lipinski definition) is 2. The Bertz CT molecular complexity index is 1340. The van der Waals surface area contributed by atoms with Gasteiger partial charge in [-0.2, -0.15) is 5.10 Å². The molecule has 4 rings (SSSR count). The highest BCUT2D eigenvalue weighted by Gasteiger charge is 2.31. The molecule has 0 radical (unpaired) electrons. The Balaban J connectivity index is 1.51. The molecule has 11 heteroatoms. The number of aromatic nitrogens is 2. The summed E-state index contributed by atoms with van der Waals surface area (Å²) >= 11 is 0. The minimum Gasteiger partial charge on any atom is -0.491 e. The van der Waals surface area contributed by atoms with Crippen molar-refractivity contribution in [2.24, 2.45) is 7.05 Å². The number of carbonyl (C=O) groups is 2. The molecule has 0 bridgehead atoms. The maximum Gasteiger partial charge on any atom is 0.410 e. The van der Waals surface area contributed by atoms with Gasteiger partial charge in [0, 0.05) is 37.1 Å². The Labute approximate surface area is 226 Å². The Morgan fingerprint density at radius 2 is 1.87 bits per heavy atom. The average Bonchev–Trinajstić information content (AvgIpc) is 3.29. The van der Waals surface area contributed by atoms with Gasteiger partial charge in [0.1, 0.15) is 29.6 Å². The van der Waals surface area contributed by atoms with E-state index in [1.54, 1.807) is 41.0 Å². The van der Waals surface area contributed by atoms with Crippen LogP contribution in [0, 0.1) is 11.6 Å². The van der Waals surface area contributed by atoms with E-state index < -0.39 is 23.3 Å². The molecule has 1 aliphatic heterocycles. The summed E-state index contributed by atoms with van der Waals surface area (Å²) in [5.74, 6) is -1.08. The first-order valence-corrected chi connectivity index (χ1v) is 12.8. The van der Waals surface area contributed by atoms with Crippen LogP contribution in [0.25, 0.3) is 11.3 Å². The Morgan fingerprint density at radius 3 is 2.56 bits per heavy atom. The SMILES string of the molecule is Cn1nccc1-c1cc(NC(=O)Nc2ccc(F)cc2F)ccc1OC[C@H]1CCCCN1C(=O)OC(C)(C)C. The number of carbonyl (C=O) groups excluding carboxylic acids is 2.